The van der Waals surface area contributed by atoms with Crippen molar-refractivity contribution in [1.29, 1.82) is 0 Å². The predicted molar refractivity (Wildman–Crippen MR) is 99.2 cm³/mol. The van der Waals surface area contributed by atoms with Crippen molar-refractivity contribution in [2.24, 2.45) is 0 Å². The van der Waals surface area contributed by atoms with Gasteiger partial charge in [0.2, 0.25) is 5.91 Å². The summed E-state index contributed by atoms with van der Waals surface area (Å²) in [4.78, 5) is 17.0. The normalized spacial score (nSPS) is 17.9. The highest BCUT2D eigenvalue weighted by Gasteiger charge is 2.28. The van der Waals surface area contributed by atoms with E-state index in [0.717, 1.165) is 22.6 Å². The minimum absolute atomic E-state index is 0.0235. The average Bonchev–Trinajstić information content (AvgIpc) is 2.87. The van der Waals surface area contributed by atoms with Gasteiger partial charge in [0, 0.05) is 18.5 Å². The number of nitrogens with zero attached hydrogens (tertiary/aromatic N) is 2. The number of rotatable bonds is 2. The summed E-state index contributed by atoms with van der Waals surface area (Å²) in [6, 6.07) is 14.4. The molecule has 1 aliphatic heterocycles. The van der Waals surface area contributed by atoms with Gasteiger partial charge in [-0.1, -0.05) is 42.0 Å². The Hall–Kier alpha value is -2.88. The number of benzene rings is 1. The van der Waals surface area contributed by atoms with Crippen molar-refractivity contribution in [3.8, 4) is 0 Å². The first-order chi connectivity index (χ1) is 12.1. The largest absolute Gasteiger partial charge is 0.350 e. The molecule has 4 heteroatoms. The third-order valence-electron chi connectivity index (χ3n) is 4.81. The molecule has 0 spiro atoms. The first kappa shape index (κ1) is 15.6. The van der Waals surface area contributed by atoms with Crippen LogP contribution in [-0.2, 0) is 11.3 Å². The van der Waals surface area contributed by atoms with Crippen LogP contribution in [0, 0.1) is 6.92 Å². The van der Waals surface area contributed by atoms with Gasteiger partial charge in [0.25, 0.3) is 0 Å². The quantitative estimate of drug-likeness (QED) is 0.775. The zero-order valence-corrected chi connectivity index (χ0v) is 14.5. The zero-order chi connectivity index (χ0) is 17.4. The van der Waals surface area contributed by atoms with E-state index in [2.05, 4.69) is 60.1 Å². The second kappa shape index (κ2) is 6.20. The monoisotopic (exact) mass is 331 g/mol. The maximum absolute atomic E-state index is 12.2. The molecule has 2 aromatic heterocycles. The molecule has 1 aromatic carbocycles. The number of carbonyl (C=O) groups excluding carboxylic acids is 1. The topological polar surface area (TPSA) is 46.4 Å². The number of hydrogen-bond acceptors (Lipinski definition) is 2. The number of allylic oxidation sites excluding steroid dienone is 1. The first-order valence-corrected chi connectivity index (χ1v) is 8.59. The molecule has 4 rings (SSSR count). The van der Waals surface area contributed by atoms with E-state index < -0.39 is 0 Å². The lowest BCUT2D eigenvalue weighted by Crippen LogP contribution is -2.21. The molecule has 0 saturated heterocycles. The van der Waals surface area contributed by atoms with E-state index in [4.69, 9.17) is 4.98 Å². The molecule has 0 saturated carbocycles. The van der Waals surface area contributed by atoms with Gasteiger partial charge in [-0.3, -0.25) is 4.79 Å². The van der Waals surface area contributed by atoms with Crippen LogP contribution in [0.3, 0.4) is 0 Å². The molecule has 3 aromatic rings. The van der Waals surface area contributed by atoms with Gasteiger partial charge in [0.05, 0.1) is 17.9 Å². The van der Waals surface area contributed by atoms with Gasteiger partial charge in [-0.2, -0.15) is 0 Å². The van der Waals surface area contributed by atoms with Crippen LogP contribution in [0.5, 0.6) is 0 Å². The van der Waals surface area contributed by atoms with E-state index >= 15 is 0 Å². The van der Waals surface area contributed by atoms with Gasteiger partial charge in [0.15, 0.2) is 0 Å². The maximum atomic E-state index is 12.2. The summed E-state index contributed by atoms with van der Waals surface area (Å²) in [5.41, 5.74) is 6.53. The molecule has 126 valence electrons. The molecular formula is C21H21N3O. The fourth-order valence-electron chi connectivity index (χ4n) is 3.54. The number of hydrogen-bond donors (Lipinski definition) is 1. The molecule has 1 N–H and O–H groups in total. The molecule has 0 bridgehead atoms. The number of pyridine rings is 1. The lowest BCUT2D eigenvalue weighted by atomic mass is 9.91. The Kier molecular flexibility index (Phi) is 3.88. The lowest BCUT2D eigenvalue weighted by Gasteiger charge is -2.16. The van der Waals surface area contributed by atoms with Crippen LogP contribution in [0.15, 0.2) is 54.2 Å². The van der Waals surface area contributed by atoms with E-state index in [1.54, 1.807) is 0 Å². The van der Waals surface area contributed by atoms with Crippen LogP contribution in [0.4, 0.5) is 0 Å². The fourth-order valence-corrected chi connectivity index (χ4v) is 3.54. The third-order valence-corrected chi connectivity index (χ3v) is 4.81. The molecule has 0 fully saturated rings. The Morgan fingerprint density at radius 1 is 1.28 bits per heavy atom. The highest BCUT2D eigenvalue weighted by molar-refractivity contribution is 5.79. The van der Waals surface area contributed by atoms with Crippen LogP contribution in [0.1, 0.15) is 41.8 Å². The van der Waals surface area contributed by atoms with Gasteiger partial charge < -0.3 is 9.72 Å². The average molecular weight is 331 g/mol. The molecule has 1 atom stereocenters. The summed E-state index contributed by atoms with van der Waals surface area (Å²) in [6.07, 6.45) is 4.68. The van der Waals surface area contributed by atoms with E-state index in [-0.39, 0.29) is 11.8 Å². The number of nitrogens with one attached hydrogen (secondary N) is 1. The number of carbonyl (C=O) groups is 1. The van der Waals surface area contributed by atoms with Gasteiger partial charge in [-0.05, 0) is 37.1 Å². The Morgan fingerprint density at radius 3 is 2.88 bits per heavy atom. The number of imidazole rings is 1. The standard InChI is InChI=1S/C21H21N3O/c1-14-8-9-24-19(10-14)23-18-13-22-20(25)12-17(21(18)24)15(2)11-16-6-4-3-5-7-16/h3-11,17H,12-13H2,1-2H3,(H,22,25)/b15-11+/t17-/m0/s1. The van der Waals surface area contributed by atoms with Gasteiger partial charge in [-0.15, -0.1) is 0 Å². The Labute approximate surface area is 147 Å². The lowest BCUT2D eigenvalue weighted by molar-refractivity contribution is -0.121. The highest BCUT2D eigenvalue weighted by Crippen LogP contribution is 2.34. The van der Waals surface area contributed by atoms with Crippen LogP contribution < -0.4 is 5.32 Å². The summed E-state index contributed by atoms with van der Waals surface area (Å²) < 4.78 is 2.13. The minimum Gasteiger partial charge on any atom is -0.350 e. The van der Waals surface area contributed by atoms with E-state index in [1.807, 2.05) is 18.2 Å². The molecular weight excluding hydrogens is 310 g/mol. The summed E-state index contributed by atoms with van der Waals surface area (Å²) in [7, 11) is 0. The van der Waals surface area contributed by atoms with Crippen molar-refractivity contribution in [2.45, 2.75) is 32.7 Å². The van der Waals surface area contributed by atoms with Crippen molar-refractivity contribution in [2.75, 3.05) is 0 Å². The zero-order valence-electron chi connectivity index (χ0n) is 14.5. The molecule has 0 unspecified atom stereocenters. The van der Waals surface area contributed by atoms with Crippen LogP contribution in [-0.4, -0.2) is 15.3 Å². The third kappa shape index (κ3) is 2.95. The second-order valence-electron chi connectivity index (χ2n) is 6.71. The van der Waals surface area contributed by atoms with Gasteiger partial charge in [0.1, 0.15) is 5.65 Å². The molecule has 3 heterocycles. The fraction of sp³-hybridized carbons (Fsp3) is 0.238. The molecule has 0 radical (unpaired) electrons. The van der Waals surface area contributed by atoms with Crippen molar-refractivity contribution in [3.63, 3.8) is 0 Å². The van der Waals surface area contributed by atoms with Crippen molar-refractivity contribution >= 4 is 17.6 Å². The molecule has 25 heavy (non-hydrogen) atoms. The van der Waals surface area contributed by atoms with Gasteiger partial charge >= 0.3 is 0 Å². The van der Waals surface area contributed by atoms with Crippen molar-refractivity contribution < 1.29 is 4.79 Å². The van der Waals surface area contributed by atoms with Crippen LogP contribution in [0.25, 0.3) is 11.7 Å². The van der Waals surface area contributed by atoms with Crippen molar-refractivity contribution in [1.82, 2.24) is 14.7 Å². The second-order valence-corrected chi connectivity index (χ2v) is 6.71. The molecule has 0 aliphatic carbocycles. The Balaban J connectivity index is 1.86. The number of aryl methyl sites for hydroxylation is 1. The SMILES string of the molecule is C/C(=C\c1ccccc1)[C@@H]1CC(=O)NCc2nc3cc(C)ccn3c21. The van der Waals surface area contributed by atoms with Crippen molar-refractivity contribution in [3.05, 3.63) is 76.7 Å². The van der Waals surface area contributed by atoms with E-state index in [0.29, 0.717) is 13.0 Å². The first-order valence-electron chi connectivity index (χ1n) is 8.59. The Bertz CT molecular complexity index is 969. The highest BCUT2D eigenvalue weighted by atomic mass is 16.1. The van der Waals surface area contributed by atoms with E-state index in [9.17, 15) is 4.79 Å². The predicted octanol–water partition coefficient (Wildman–Crippen LogP) is 3.85. The van der Waals surface area contributed by atoms with Gasteiger partial charge in [-0.25, -0.2) is 4.98 Å². The number of aromatic nitrogens is 2. The minimum atomic E-state index is 0.0235. The summed E-state index contributed by atoms with van der Waals surface area (Å²) in [6.45, 7) is 4.66. The summed E-state index contributed by atoms with van der Waals surface area (Å²) >= 11 is 0. The summed E-state index contributed by atoms with van der Waals surface area (Å²) in [5, 5.41) is 2.98. The maximum Gasteiger partial charge on any atom is 0.221 e. The number of fused-ring (bicyclic) bond motifs is 3. The van der Waals surface area contributed by atoms with Crippen LogP contribution in [0.2, 0.25) is 0 Å². The summed E-state index contributed by atoms with van der Waals surface area (Å²) in [5.74, 6) is 0.0973. The van der Waals surface area contributed by atoms with E-state index in [1.165, 1.54) is 11.1 Å². The van der Waals surface area contributed by atoms with Crippen LogP contribution >= 0.6 is 0 Å². The number of amides is 1. The molecule has 1 amide bonds. The smallest absolute Gasteiger partial charge is 0.221 e. The molecule has 1 aliphatic rings. The molecule has 4 nitrogen and oxygen atoms in total. The Morgan fingerprint density at radius 2 is 2.08 bits per heavy atom.